The van der Waals surface area contributed by atoms with E-state index in [4.69, 9.17) is 9.15 Å². The molecule has 4 heterocycles. The number of furan rings is 1. The van der Waals surface area contributed by atoms with Crippen LogP contribution in [0, 0.1) is 0 Å². The highest BCUT2D eigenvalue weighted by atomic mass is 32.1. The van der Waals surface area contributed by atoms with Crippen LogP contribution in [-0.4, -0.2) is 47.0 Å². The van der Waals surface area contributed by atoms with Crippen molar-refractivity contribution >= 4 is 22.4 Å². The Bertz CT molecular complexity index is 836. The first-order valence-corrected chi connectivity index (χ1v) is 8.77. The fourth-order valence-electron chi connectivity index (χ4n) is 2.59. The minimum atomic E-state index is -0.190. The van der Waals surface area contributed by atoms with Crippen LogP contribution in [0.3, 0.4) is 0 Å². The van der Waals surface area contributed by atoms with Gasteiger partial charge in [0.15, 0.2) is 0 Å². The average Bonchev–Trinajstić information content (AvgIpc) is 3.41. The van der Waals surface area contributed by atoms with E-state index in [2.05, 4.69) is 20.4 Å². The summed E-state index contributed by atoms with van der Waals surface area (Å²) < 4.78 is 12.3. The van der Waals surface area contributed by atoms with E-state index in [0.29, 0.717) is 36.3 Å². The summed E-state index contributed by atoms with van der Waals surface area (Å²) in [4.78, 5) is 14.6. The largest absolute Gasteiger partial charge is 0.467 e. The molecule has 1 N–H and O–H groups in total. The van der Waals surface area contributed by atoms with Gasteiger partial charge in [0.25, 0.3) is 5.91 Å². The third-order valence-corrected chi connectivity index (χ3v) is 4.86. The van der Waals surface area contributed by atoms with Crippen molar-refractivity contribution in [3.8, 4) is 5.13 Å². The number of carbonyl (C=O) groups excluding carboxylic acids is 1. The normalized spacial score (nSPS) is 14.6. The lowest BCUT2D eigenvalue weighted by molar-refractivity contribution is 0.0941. The SMILES string of the molecule is O=C(NCc1ccco1)c1cccn1-c1nnc(N2CCOCC2)s1. The topological polar surface area (TPSA) is 85.4 Å². The maximum atomic E-state index is 12.5. The maximum Gasteiger partial charge on any atom is 0.268 e. The zero-order valence-corrected chi connectivity index (χ0v) is 14.2. The number of nitrogens with one attached hydrogen (secondary N) is 1. The molecule has 1 saturated heterocycles. The van der Waals surface area contributed by atoms with Gasteiger partial charge in [-0.05, 0) is 24.3 Å². The van der Waals surface area contributed by atoms with Crippen LogP contribution >= 0.6 is 11.3 Å². The van der Waals surface area contributed by atoms with Crippen LogP contribution in [0.15, 0.2) is 41.1 Å². The van der Waals surface area contributed by atoms with Crippen molar-refractivity contribution in [3.05, 3.63) is 48.2 Å². The van der Waals surface area contributed by atoms with Crippen molar-refractivity contribution in [2.75, 3.05) is 31.2 Å². The Hall–Kier alpha value is -2.65. The van der Waals surface area contributed by atoms with Crippen LogP contribution in [0.25, 0.3) is 5.13 Å². The van der Waals surface area contributed by atoms with E-state index >= 15 is 0 Å². The van der Waals surface area contributed by atoms with E-state index in [1.807, 2.05) is 18.3 Å². The second-order valence-corrected chi connectivity index (χ2v) is 6.43. The number of rotatable bonds is 5. The van der Waals surface area contributed by atoms with Crippen molar-refractivity contribution in [3.63, 3.8) is 0 Å². The van der Waals surface area contributed by atoms with Crippen LogP contribution in [0.5, 0.6) is 0 Å². The Labute approximate surface area is 148 Å². The van der Waals surface area contributed by atoms with Crippen LogP contribution in [0.2, 0.25) is 0 Å². The molecule has 0 aliphatic carbocycles. The Balaban J connectivity index is 1.49. The molecule has 1 aliphatic heterocycles. The second kappa shape index (κ2) is 7.08. The molecule has 3 aromatic rings. The van der Waals surface area contributed by atoms with Crippen molar-refractivity contribution in [2.24, 2.45) is 0 Å². The van der Waals surface area contributed by atoms with Gasteiger partial charge < -0.3 is 19.4 Å². The molecule has 0 spiro atoms. The molecule has 0 unspecified atom stereocenters. The Morgan fingerprint density at radius 1 is 1.20 bits per heavy atom. The molecule has 0 atom stereocenters. The molecule has 1 aliphatic rings. The number of nitrogens with zero attached hydrogens (tertiary/aromatic N) is 4. The highest BCUT2D eigenvalue weighted by molar-refractivity contribution is 7.17. The van der Waals surface area contributed by atoms with E-state index in [1.165, 1.54) is 11.3 Å². The molecular weight excluding hydrogens is 342 g/mol. The summed E-state index contributed by atoms with van der Waals surface area (Å²) in [6, 6.07) is 7.18. The summed E-state index contributed by atoms with van der Waals surface area (Å²) >= 11 is 1.46. The maximum absolute atomic E-state index is 12.5. The number of hydrogen-bond donors (Lipinski definition) is 1. The summed E-state index contributed by atoms with van der Waals surface area (Å²) in [7, 11) is 0. The molecule has 0 bridgehead atoms. The first-order chi connectivity index (χ1) is 12.3. The fourth-order valence-corrected chi connectivity index (χ4v) is 3.49. The van der Waals surface area contributed by atoms with Gasteiger partial charge in [0.05, 0.1) is 26.0 Å². The molecule has 8 nitrogen and oxygen atoms in total. The third-order valence-electron chi connectivity index (χ3n) is 3.88. The predicted molar refractivity (Wildman–Crippen MR) is 92.1 cm³/mol. The summed E-state index contributed by atoms with van der Waals surface area (Å²) in [5.74, 6) is 0.515. The van der Waals surface area contributed by atoms with Gasteiger partial charge in [-0.2, -0.15) is 0 Å². The number of hydrogen-bond acceptors (Lipinski definition) is 7. The number of anilines is 1. The number of carbonyl (C=O) groups is 1. The quantitative estimate of drug-likeness (QED) is 0.746. The predicted octanol–water partition coefficient (Wildman–Crippen LogP) is 1.69. The molecule has 0 aromatic carbocycles. The van der Waals surface area contributed by atoms with E-state index in [9.17, 15) is 4.79 Å². The van der Waals surface area contributed by atoms with Gasteiger partial charge in [0, 0.05) is 19.3 Å². The minimum Gasteiger partial charge on any atom is -0.467 e. The smallest absolute Gasteiger partial charge is 0.268 e. The number of morpholine rings is 1. The number of amides is 1. The summed E-state index contributed by atoms with van der Waals surface area (Å²) in [5, 5.41) is 12.8. The number of ether oxygens (including phenoxy) is 1. The molecule has 1 fully saturated rings. The average molecular weight is 359 g/mol. The first kappa shape index (κ1) is 15.9. The highest BCUT2D eigenvalue weighted by Crippen LogP contribution is 2.25. The van der Waals surface area contributed by atoms with Gasteiger partial charge in [0.1, 0.15) is 11.5 Å². The summed E-state index contributed by atoms with van der Waals surface area (Å²) in [5.41, 5.74) is 0.510. The molecule has 25 heavy (non-hydrogen) atoms. The lowest BCUT2D eigenvalue weighted by atomic mass is 10.4. The Morgan fingerprint density at radius 2 is 2.04 bits per heavy atom. The Morgan fingerprint density at radius 3 is 2.84 bits per heavy atom. The molecule has 0 radical (unpaired) electrons. The van der Waals surface area contributed by atoms with Gasteiger partial charge in [-0.3, -0.25) is 9.36 Å². The molecular formula is C16H17N5O3S. The van der Waals surface area contributed by atoms with E-state index in [1.54, 1.807) is 23.0 Å². The van der Waals surface area contributed by atoms with Crippen molar-refractivity contribution in [1.82, 2.24) is 20.1 Å². The van der Waals surface area contributed by atoms with Gasteiger partial charge in [-0.25, -0.2) is 0 Å². The minimum absolute atomic E-state index is 0.190. The highest BCUT2D eigenvalue weighted by Gasteiger charge is 2.19. The molecule has 4 rings (SSSR count). The Kier molecular flexibility index (Phi) is 4.49. The van der Waals surface area contributed by atoms with Gasteiger partial charge in [0.2, 0.25) is 10.3 Å². The zero-order chi connectivity index (χ0) is 17.1. The monoisotopic (exact) mass is 359 g/mol. The number of aromatic nitrogens is 3. The van der Waals surface area contributed by atoms with Crippen LogP contribution < -0.4 is 10.2 Å². The van der Waals surface area contributed by atoms with Gasteiger partial charge >= 0.3 is 0 Å². The fraction of sp³-hybridized carbons (Fsp3) is 0.312. The van der Waals surface area contributed by atoms with Gasteiger partial charge in [-0.15, -0.1) is 10.2 Å². The molecule has 130 valence electrons. The van der Waals surface area contributed by atoms with Gasteiger partial charge in [-0.1, -0.05) is 11.3 Å². The first-order valence-electron chi connectivity index (χ1n) is 7.96. The lowest BCUT2D eigenvalue weighted by Gasteiger charge is -2.25. The molecule has 9 heteroatoms. The summed E-state index contributed by atoms with van der Waals surface area (Å²) in [6.45, 7) is 3.33. The second-order valence-electron chi connectivity index (χ2n) is 5.49. The lowest BCUT2D eigenvalue weighted by Crippen LogP contribution is -2.36. The van der Waals surface area contributed by atoms with Crippen LogP contribution in [0.1, 0.15) is 16.2 Å². The third kappa shape index (κ3) is 3.42. The van der Waals surface area contributed by atoms with Crippen molar-refractivity contribution in [2.45, 2.75) is 6.54 Å². The van der Waals surface area contributed by atoms with Crippen LogP contribution in [0.4, 0.5) is 5.13 Å². The van der Waals surface area contributed by atoms with Crippen molar-refractivity contribution < 1.29 is 13.9 Å². The van der Waals surface area contributed by atoms with E-state index in [0.717, 1.165) is 18.2 Å². The van der Waals surface area contributed by atoms with E-state index in [-0.39, 0.29) is 5.91 Å². The van der Waals surface area contributed by atoms with Crippen molar-refractivity contribution in [1.29, 1.82) is 0 Å². The van der Waals surface area contributed by atoms with E-state index < -0.39 is 0 Å². The molecule has 3 aromatic heterocycles. The van der Waals surface area contributed by atoms with Crippen LogP contribution in [-0.2, 0) is 11.3 Å². The zero-order valence-electron chi connectivity index (χ0n) is 13.4. The molecule has 1 amide bonds. The molecule has 0 saturated carbocycles. The summed E-state index contributed by atoms with van der Waals surface area (Å²) in [6.07, 6.45) is 3.39. The standard InChI is InChI=1S/C16H17N5O3S/c22-14(17-11-12-3-2-8-24-12)13-4-1-5-21(13)16-19-18-15(25-16)20-6-9-23-10-7-20/h1-5,8H,6-7,9-11H2,(H,17,22).